The van der Waals surface area contributed by atoms with Crippen molar-refractivity contribution in [1.82, 2.24) is 5.32 Å². The molecule has 0 aromatic heterocycles. The highest BCUT2D eigenvalue weighted by molar-refractivity contribution is 5.54. The minimum absolute atomic E-state index is 0.580. The van der Waals surface area contributed by atoms with Crippen molar-refractivity contribution in [2.75, 3.05) is 26.9 Å². The predicted molar refractivity (Wildman–Crippen MR) is 79.8 cm³/mol. The van der Waals surface area contributed by atoms with E-state index >= 15 is 0 Å². The van der Waals surface area contributed by atoms with Crippen LogP contribution in [0.3, 0.4) is 0 Å². The van der Waals surface area contributed by atoms with Crippen molar-refractivity contribution < 1.29 is 14.2 Å². The molecule has 1 aromatic carbocycles. The fourth-order valence-corrected chi connectivity index (χ4v) is 2.30. The maximum Gasteiger partial charge on any atom is 0.203 e. The molecule has 0 unspecified atom stereocenters. The second kappa shape index (κ2) is 7.39. The number of ether oxygens (including phenoxy) is 3. The molecule has 0 atom stereocenters. The van der Waals surface area contributed by atoms with Crippen molar-refractivity contribution in [1.29, 1.82) is 0 Å². The number of rotatable bonds is 7. The van der Waals surface area contributed by atoms with E-state index in [0.29, 0.717) is 13.2 Å². The van der Waals surface area contributed by atoms with Gasteiger partial charge in [-0.25, -0.2) is 0 Å². The fourth-order valence-electron chi connectivity index (χ4n) is 2.30. The minimum atomic E-state index is 0.580. The Hall–Kier alpha value is -1.42. The minimum Gasteiger partial charge on any atom is -0.493 e. The summed E-state index contributed by atoms with van der Waals surface area (Å²) in [7, 11) is 1.66. The molecule has 2 rings (SSSR count). The molecule has 0 bridgehead atoms. The molecular weight excluding hydrogens is 254 g/mol. The molecule has 1 heterocycles. The van der Waals surface area contributed by atoms with Gasteiger partial charge in [0.25, 0.3) is 0 Å². The summed E-state index contributed by atoms with van der Waals surface area (Å²) in [6.07, 6.45) is 2.47. The maximum absolute atomic E-state index is 5.63. The number of hydrogen-bond donors (Lipinski definition) is 1. The van der Waals surface area contributed by atoms with Crippen molar-refractivity contribution in [3.8, 4) is 17.2 Å². The molecule has 4 heteroatoms. The average molecular weight is 279 g/mol. The molecule has 1 aliphatic rings. The number of methoxy groups -OCH3 is 1. The average Bonchev–Trinajstić information content (AvgIpc) is 2.45. The van der Waals surface area contributed by atoms with E-state index in [4.69, 9.17) is 14.2 Å². The summed E-state index contributed by atoms with van der Waals surface area (Å²) in [5, 5.41) is 3.46. The van der Waals surface area contributed by atoms with E-state index in [1.165, 1.54) is 12.8 Å². The van der Waals surface area contributed by atoms with E-state index < -0.39 is 0 Å². The maximum atomic E-state index is 5.63. The van der Waals surface area contributed by atoms with E-state index in [0.717, 1.165) is 41.8 Å². The van der Waals surface area contributed by atoms with E-state index in [-0.39, 0.29) is 0 Å². The van der Waals surface area contributed by atoms with Crippen LogP contribution >= 0.6 is 0 Å². The number of nitrogens with one attached hydrogen (secondary N) is 1. The fraction of sp³-hybridized carbons (Fsp3) is 0.625. The Bertz CT molecular complexity index is 415. The topological polar surface area (TPSA) is 39.7 Å². The third-order valence-corrected chi connectivity index (χ3v) is 3.35. The van der Waals surface area contributed by atoms with Gasteiger partial charge in [-0.1, -0.05) is 13.8 Å². The van der Waals surface area contributed by atoms with Gasteiger partial charge in [0, 0.05) is 6.54 Å². The smallest absolute Gasteiger partial charge is 0.203 e. The molecule has 0 aliphatic carbocycles. The number of fused-ring (bicyclic) bond motifs is 1. The van der Waals surface area contributed by atoms with Gasteiger partial charge in [-0.3, -0.25) is 0 Å². The van der Waals surface area contributed by atoms with Gasteiger partial charge in [-0.15, -0.1) is 0 Å². The van der Waals surface area contributed by atoms with E-state index in [1.54, 1.807) is 7.11 Å². The molecule has 0 spiro atoms. The zero-order valence-electron chi connectivity index (χ0n) is 12.7. The van der Waals surface area contributed by atoms with Gasteiger partial charge in [-0.2, -0.15) is 0 Å². The Labute approximate surface area is 121 Å². The van der Waals surface area contributed by atoms with E-state index in [1.807, 2.05) is 12.1 Å². The second-order valence-corrected chi connectivity index (χ2v) is 5.54. The van der Waals surface area contributed by atoms with Crippen LogP contribution in [0.1, 0.15) is 32.3 Å². The summed E-state index contributed by atoms with van der Waals surface area (Å²) in [6, 6.07) is 4.05. The SMILES string of the molecule is COc1cc(CNCCCC(C)C)cc2c1OCCO2. The van der Waals surface area contributed by atoms with Crippen molar-refractivity contribution in [2.24, 2.45) is 5.92 Å². The third kappa shape index (κ3) is 4.04. The normalized spacial score (nSPS) is 13.6. The molecule has 1 N–H and O–H groups in total. The predicted octanol–water partition coefficient (Wildman–Crippen LogP) is 2.99. The molecule has 112 valence electrons. The van der Waals surface area contributed by atoms with Crippen LogP contribution in [-0.4, -0.2) is 26.9 Å². The summed E-state index contributed by atoms with van der Waals surface area (Å²) in [5.74, 6) is 3.03. The van der Waals surface area contributed by atoms with Crippen LogP contribution in [0.25, 0.3) is 0 Å². The van der Waals surface area contributed by atoms with Gasteiger partial charge in [0.1, 0.15) is 13.2 Å². The van der Waals surface area contributed by atoms with E-state index in [9.17, 15) is 0 Å². The first-order valence-corrected chi connectivity index (χ1v) is 7.38. The second-order valence-electron chi connectivity index (χ2n) is 5.54. The first kappa shape index (κ1) is 15.0. The molecule has 1 aliphatic heterocycles. The van der Waals surface area contributed by atoms with Crippen molar-refractivity contribution >= 4 is 0 Å². The van der Waals surface area contributed by atoms with Gasteiger partial charge in [0.05, 0.1) is 7.11 Å². The van der Waals surface area contributed by atoms with Crippen LogP contribution in [-0.2, 0) is 6.54 Å². The molecular formula is C16H25NO3. The summed E-state index contributed by atoms with van der Waals surface area (Å²) < 4.78 is 16.6. The molecule has 20 heavy (non-hydrogen) atoms. The monoisotopic (exact) mass is 279 g/mol. The Morgan fingerprint density at radius 2 is 2.05 bits per heavy atom. The van der Waals surface area contributed by atoms with Crippen molar-refractivity contribution in [3.05, 3.63) is 17.7 Å². The molecule has 0 saturated carbocycles. The summed E-state index contributed by atoms with van der Waals surface area (Å²) in [4.78, 5) is 0. The molecule has 0 radical (unpaired) electrons. The molecule has 0 saturated heterocycles. The van der Waals surface area contributed by atoms with E-state index in [2.05, 4.69) is 19.2 Å². The summed E-state index contributed by atoms with van der Waals surface area (Å²) in [5.41, 5.74) is 1.16. The lowest BCUT2D eigenvalue weighted by Crippen LogP contribution is -2.18. The summed E-state index contributed by atoms with van der Waals surface area (Å²) in [6.45, 7) is 7.55. The molecule has 1 aromatic rings. The standard InChI is InChI=1S/C16H25NO3/c1-12(2)5-4-6-17-11-13-9-14(18-3)16-15(10-13)19-7-8-20-16/h9-10,12,17H,4-8,11H2,1-3H3. The lowest BCUT2D eigenvalue weighted by molar-refractivity contribution is 0.165. The Balaban J connectivity index is 1.91. The highest BCUT2D eigenvalue weighted by Gasteiger charge is 2.18. The first-order chi connectivity index (χ1) is 9.70. The highest BCUT2D eigenvalue weighted by atomic mass is 16.6. The Kier molecular flexibility index (Phi) is 5.53. The van der Waals surface area contributed by atoms with Crippen molar-refractivity contribution in [3.63, 3.8) is 0 Å². The lowest BCUT2D eigenvalue weighted by atomic mass is 10.1. The number of benzene rings is 1. The molecule has 0 fully saturated rings. The van der Waals surface area contributed by atoms with Gasteiger partial charge in [0.2, 0.25) is 5.75 Å². The van der Waals surface area contributed by atoms with Crippen LogP contribution in [0.15, 0.2) is 12.1 Å². The Morgan fingerprint density at radius 3 is 2.80 bits per heavy atom. The van der Waals surface area contributed by atoms with Crippen molar-refractivity contribution in [2.45, 2.75) is 33.2 Å². The van der Waals surface area contributed by atoms with Gasteiger partial charge >= 0.3 is 0 Å². The largest absolute Gasteiger partial charge is 0.493 e. The molecule has 0 amide bonds. The zero-order chi connectivity index (χ0) is 14.4. The van der Waals surface area contributed by atoms with Crippen LogP contribution in [0.2, 0.25) is 0 Å². The third-order valence-electron chi connectivity index (χ3n) is 3.35. The zero-order valence-corrected chi connectivity index (χ0v) is 12.7. The molecule has 4 nitrogen and oxygen atoms in total. The van der Waals surface area contributed by atoms with Crippen LogP contribution < -0.4 is 19.5 Å². The van der Waals surface area contributed by atoms with Crippen LogP contribution in [0, 0.1) is 5.92 Å². The van der Waals surface area contributed by atoms with Gasteiger partial charge in [-0.05, 0) is 43.0 Å². The van der Waals surface area contributed by atoms with Gasteiger partial charge in [0.15, 0.2) is 11.5 Å². The van der Waals surface area contributed by atoms with Gasteiger partial charge < -0.3 is 19.5 Å². The number of hydrogen-bond acceptors (Lipinski definition) is 4. The van der Waals surface area contributed by atoms with Crippen LogP contribution in [0.5, 0.6) is 17.2 Å². The Morgan fingerprint density at radius 1 is 1.25 bits per heavy atom. The lowest BCUT2D eigenvalue weighted by Gasteiger charge is -2.21. The first-order valence-electron chi connectivity index (χ1n) is 7.38. The quantitative estimate of drug-likeness (QED) is 0.779. The van der Waals surface area contributed by atoms with Crippen LogP contribution in [0.4, 0.5) is 0 Å². The highest BCUT2D eigenvalue weighted by Crippen LogP contribution is 2.40. The summed E-state index contributed by atoms with van der Waals surface area (Å²) >= 11 is 0.